The Labute approximate surface area is 452 Å². The quantitative estimate of drug-likeness (QED) is 0.0688. The van der Waals surface area contributed by atoms with E-state index in [1.165, 1.54) is 11.1 Å². The van der Waals surface area contributed by atoms with Crippen LogP contribution in [-0.4, -0.2) is 110 Å². The average molecular weight is 1110 g/mol. The van der Waals surface area contributed by atoms with Crippen LogP contribution in [0.5, 0.6) is 0 Å². The fourth-order valence-corrected chi connectivity index (χ4v) is 13.0. The van der Waals surface area contributed by atoms with Crippen LogP contribution in [0.1, 0.15) is 171 Å². The first-order chi connectivity index (χ1) is 36.7. The smallest absolute Gasteiger partial charge is 0.356 e. The normalized spacial score (nSPS) is 22.7. The van der Waals surface area contributed by atoms with Crippen molar-refractivity contribution in [3.8, 4) is 0 Å². The van der Waals surface area contributed by atoms with Crippen LogP contribution >= 0.6 is 15.9 Å². The summed E-state index contributed by atoms with van der Waals surface area (Å²) >= 11 is 3.59. The van der Waals surface area contributed by atoms with Crippen LogP contribution in [0.25, 0.3) is 0 Å². The molecule has 5 aliphatic rings. The molecule has 1 saturated carbocycles. The second-order valence-corrected chi connectivity index (χ2v) is 22.8. The molecule has 4 aromatic rings. The van der Waals surface area contributed by atoms with Crippen molar-refractivity contribution in [1.29, 1.82) is 0 Å². The van der Waals surface area contributed by atoms with Crippen LogP contribution in [-0.2, 0) is 44.7 Å². The van der Waals surface area contributed by atoms with E-state index in [1.54, 1.807) is 41.6 Å². The van der Waals surface area contributed by atoms with Gasteiger partial charge in [-0.15, -0.1) is 0 Å². The van der Waals surface area contributed by atoms with E-state index >= 15 is 0 Å². The first kappa shape index (κ1) is 55.1. The molecule has 3 aromatic heterocycles. The van der Waals surface area contributed by atoms with Gasteiger partial charge in [0.25, 0.3) is 5.91 Å². The number of carbonyl (C=O) groups is 5. The third-order valence-electron chi connectivity index (χ3n) is 16.8. The summed E-state index contributed by atoms with van der Waals surface area (Å²) in [6, 6.07) is 11.2. The molecule has 3 aliphatic heterocycles. The molecule has 5 amide bonds. The molecular formula is C57H72BrF3N10O5. The van der Waals surface area contributed by atoms with Crippen LogP contribution in [0.15, 0.2) is 71.9 Å². The minimum Gasteiger partial charge on any atom is -0.356 e. The number of halogens is 4. The standard InChI is InChI=1S/C57H72BrF3N10O5/c1-68-51(73)31-47(52(68)39-11-10-23-62-33-39)54(75)63-24-9-7-5-3-2-4-6-8-12-50(72)69-26-18-45(19-27-69)71-37-41(34-66-71)53(74)64-25-22-56(21-17-44(32-56)67-49-16-13-38-30-43(58)14-15-46(38)49)55(76)70-28-20-48-40(36-70)29-42(35-65-48)57(59,60)61/h10-11,14-15,23,29-30,33-35,37,44-45,47,49,52,67H,2-9,12-13,16-22,24-28,31-32,36H2,1H3,(H,63,75)(H,64,74)/t44-,47+,49-,52-,56-/m1/s1. The lowest BCUT2D eigenvalue weighted by Crippen LogP contribution is -2.47. The number of fused-ring (bicyclic) bond motifs is 2. The van der Waals surface area contributed by atoms with Crippen LogP contribution in [0.3, 0.4) is 0 Å². The topological polar surface area (TPSA) is 175 Å². The molecule has 408 valence electrons. The molecule has 9 rings (SSSR count). The Bertz CT molecular complexity index is 2700. The van der Waals surface area contributed by atoms with Gasteiger partial charge in [-0.05, 0) is 111 Å². The van der Waals surface area contributed by atoms with Gasteiger partial charge < -0.3 is 30.7 Å². The molecule has 0 bridgehead atoms. The van der Waals surface area contributed by atoms with Crippen LogP contribution in [0.2, 0.25) is 0 Å². The number of aromatic nitrogens is 4. The number of aryl methyl sites for hydroxylation is 1. The van der Waals surface area contributed by atoms with Gasteiger partial charge in [0, 0.05) is 113 Å². The number of benzene rings is 1. The summed E-state index contributed by atoms with van der Waals surface area (Å²) < 4.78 is 43.9. The molecule has 2 aliphatic carbocycles. The number of piperidine rings is 1. The molecule has 15 nitrogen and oxygen atoms in total. The summed E-state index contributed by atoms with van der Waals surface area (Å²) in [4.78, 5) is 80.5. The summed E-state index contributed by atoms with van der Waals surface area (Å²) in [5, 5.41) is 14.5. The number of alkyl halides is 3. The molecule has 76 heavy (non-hydrogen) atoms. The molecule has 2 saturated heterocycles. The van der Waals surface area contributed by atoms with Gasteiger partial charge in [-0.2, -0.15) is 18.3 Å². The van der Waals surface area contributed by atoms with Crippen LogP contribution in [0.4, 0.5) is 13.2 Å². The first-order valence-corrected chi connectivity index (χ1v) is 28.4. The Morgan fingerprint density at radius 2 is 1.62 bits per heavy atom. The third-order valence-corrected chi connectivity index (χ3v) is 17.3. The number of nitrogens with zero attached hydrogens (tertiary/aromatic N) is 7. The minimum atomic E-state index is -4.54. The molecule has 5 atom stereocenters. The van der Waals surface area contributed by atoms with E-state index in [2.05, 4.69) is 65.1 Å². The maximum atomic E-state index is 14.7. The highest BCUT2D eigenvalue weighted by Gasteiger charge is 2.48. The van der Waals surface area contributed by atoms with Gasteiger partial charge in [0.05, 0.1) is 40.7 Å². The van der Waals surface area contributed by atoms with Crippen molar-refractivity contribution in [1.82, 2.24) is 50.4 Å². The van der Waals surface area contributed by atoms with Crippen molar-refractivity contribution in [2.24, 2.45) is 11.3 Å². The Kier molecular flexibility index (Phi) is 17.9. The fourth-order valence-electron chi connectivity index (χ4n) is 12.6. The van der Waals surface area contributed by atoms with Gasteiger partial charge in [0.2, 0.25) is 23.6 Å². The maximum absolute atomic E-state index is 14.7. The van der Waals surface area contributed by atoms with E-state index < -0.39 is 23.1 Å². The molecule has 0 unspecified atom stereocenters. The monoisotopic (exact) mass is 1110 g/mol. The summed E-state index contributed by atoms with van der Waals surface area (Å²) in [7, 11) is 1.75. The second-order valence-electron chi connectivity index (χ2n) is 21.9. The van der Waals surface area contributed by atoms with Crippen molar-refractivity contribution in [2.75, 3.05) is 39.8 Å². The molecule has 19 heteroatoms. The van der Waals surface area contributed by atoms with E-state index in [-0.39, 0.29) is 73.2 Å². The Morgan fingerprint density at radius 1 is 0.842 bits per heavy atom. The van der Waals surface area contributed by atoms with Crippen LogP contribution < -0.4 is 16.0 Å². The van der Waals surface area contributed by atoms with Crippen molar-refractivity contribution >= 4 is 45.5 Å². The number of unbranched alkanes of at least 4 members (excludes halogenated alkanes) is 7. The summed E-state index contributed by atoms with van der Waals surface area (Å²) in [6.07, 6.45) is 18.1. The number of nitrogens with one attached hydrogen (secondary N) is 3. The SMILES string of the molecule is CN1C(=O)C[C@H](C(=O)NCCCCCCCCCCC(=O)N2CCC(n3cc(C(=O)NCC[C@]4(C(=O)N5CCc6ncc(C(F)(F)F)cc6C5)CC[C@@H](N[C@@H]5CCc6cc(Br)ccc65)C4)cn3)CC2)[C@H]1c1cccnc1. The van der Waals surface area contributed by atoms with Gasteiger partial charge in [0.15, 0.2) is 0 Å². The molecule has 6 heterocycles. The van der Waals surface area contributed by atoms with Gasteiger partial charge in [-0.3, -0.25) is 38.6 Å². The predicted octanol–water partition coefficient (Wildman–Crippen LogP) is 8.99. The van der Waals surface area contributed by atoms with Crippen molar-refractivity contribution in [3.05, 3.63) is 111 Å². The average Bonchev–Trinajstić information content (AvgIpc) is 4.24. The van der Waals surface area contributed by atoms with Gasteiger partial charge in [-0.1, -0.05) is 66.6 Å². The molecule has 0 spiro atoms. The van der Waals surface area contributed by atoms with E-state index in [0.717, 1.165) is 106 Å². The predicted molar refractivity (Wildman–Crippen MR) is 283 cm³/mol. The summed E-state index contributed by atoms with van der Waals surface area (Å²) in [5.74, 6) is -0.730. The Morgan fingerprint density at radius 3 is 2.38 bits per heavy atom. The number of hydrogen-bond acceptors (Lipinski definition) is 9. The number of likely N-dealkylation sites (tertiary alicyclic amines) is 2. The van der Waals surface area contributed by atoms with E-state index in [4.69, 9.17) is 0 Å². The van der Waals surface area contributed by atoms with E-state index in [0.29, 0.717) is 75.1 Å². The lowest BCUT2D eigenvalue weighted by molar-refractivity contribution is -0.143. The minimum absolute atomic E-state index is 0.0315. The number of amides is 5. The largest absolute Gasteiger partial charge is 0.417 e. The highest BCUT2D eigenvalue weighted by Crippen LogP contribution is 2.46. The number of hydrogen-bond donors (Lipinski definition) is 3. The molecule has 3 fully saturated rings. The zero-order valence-corrected chi connectivity index (χ0v) is 45.2. The van der Waals surface area contributed by atoms with Crippen LogP contribution in [0, 0.1) is 11.3 Å². The second kappa shape index (κ2) is 24.8. The molecular weight excluding hydrogens is 1040 g/mol. The molecule has 0 radical (unpaired) electrons. The lowest BCUT2D eigenvalue weighted by atomic mass is 9.80. The zero-order valence-electron chi connectivity index (χ0n) is 43.6. The number of carbonyl (C=O) groups excluding carboxylic acids is 5. The first-order valence-electron chi connectivity index (χ1n) is 27.6. The highest BCUT2D eigenvalue weighted by atomic mass is 79.9. The Hall–Kier alpha value is -5.69. The number of rotatable bonds is 21. The van der Waals surface area contributed by atoms with Crippen molar-refractivity contribution in [3.63, 3.8) is 0 Å². The van der Waals surface area contributed by atoms with Gasteiger partial charge in [-0.25, -0.2) is 0 Å². The van der Waals surface area contributed by atoms with Crippen molar-refractivity contribution in [2.45, 2.75) is 159 Å². The highest BCUT2D eigenvalue weighted by molar-refractivity contribution is 9.10. The van der Waals surface area contributed by atoms with E-state index in [9.17, 15) is 37.1 Å². The Balaban J connectivity index is 0.676. The third kappa shape index (κ3) is 13.2. The van der Waals surface area contributed by atoms with Gasteiger partial charge >= 0.3 is 6.18 Å². The molecule has 3 N–H and O–H groups in total. The maximum Gasteiger partial charge on any atom is 0.417 e. The van der Waals surface area contributed by atoms with Crippen molar-refractivity contribution < 1.29 is 37.1 Å². The zero-order chi connectivity index (χ0) is 53.4. The summed E-state index contributed by atoms with van der Waals surface area (Å²) in [6.45, 7) is 2.53. The number of pyridine rings is 2. The molecule has 1 aromatic carbocycles. The lowest BCUT2D eigenvalue weighted by Gasteiger charge is -2.37. The summed E-state index contributed by atoms with van der Waals surface area (Å²) in [5.41, 5.74) is 3.23. The van der Waals surface area contributed by atoms with Gasteiger partial charge in [0.1, 0.15) is 0 Å². The van der Waals surface area contributed by atoms with E-state index in [1.807, 2.05) is 21.7 Å². The fraction of sp³-hybridized carbons (Fsp3) is 0.579.